The summed E-state index contributed by atoms with van der Waals surface area (Å²) in [6.07, 6.45) is -2.30. The maximum atomic E-state index is 10.7. The van der Waals surface area contributed by atoms with Gasteiger partial charge in [-0.25, -0.2) is 10.1 Å². The Morgan fingerprint density at radius 2 is 1.85 bits per heavy atom. The van der Waals surface area contributed by atoms with Gasteiger partial charge < -0.3 is 41.1 Å². The van der Waals surface area contributed by atoms with Gasteiger partial charge in [0.25, 0.3) is 10.2 Å². The van der Waals surface area contributed by atoms with Gasteiger partial charge in [-0.05, 0) is 0 Å². The number of thiazole rings is 1. The van der Waals surface area contributed by atoms with Crippen molar-refractivity contribution in [3.8, 4) is 0 Å². The van der Waals surface area contributed by atoms with Crippen LogP contribution in [0.5, 0.6) is 0 Å². The molecule has 1 rings (SSSR count). The third kappa shape index (κ3) is 16.3. The summed E-state index contributed by atoms with van der Waals surface area (Å²) in [6, 6.07) is 0. The minimum absolute atomic E-state index is 0. The molecule has 0 amide bonds. The number of nitrogens with zero attached hydrogens (tertiary/aromatic N) is 1. The molecule has 20 heteroatoms. The molecule has 0 radical (unpaired) electrons. The van der Waals surface area contributed by atoms with Crippen molar-refractivity contribution in [2.75, 3.05) is 11.1 Å². The first kappa shape index (κ1) is 33.8. The molecule has 186 valence electrons. The standard InChI is InChI=1S/C8H15N7O2S3.C6H8O7.Zn/c9-6(15-20(12,16)17)1-2-18-3-5-4-19-8(13-5)14-7(10)11;7-3(8)1-6(13,5(11)12)2-4(9)10;/h4H,1-3H2,(H2,9,15)(H2,12,16,17)(H4,10,11,13,14);13H,1-2H2,(H,7,8)(H,9,10)(H,11,12);/q;;+2/p-2. The van der Waals surface area contributed by atoms with Crippen LogP contribution in [0.15, 0.2) is 5.38 Å². The van der Waals surface area contributed by atoms with Gasteiger partial charge in [0.2, 0.25) is 0 Å². The minimum Gasteiger partial charge on any atom is -0.550 e. The van der Waals surface area contributed by atoms with E-state index >= 15 is 0 Å². The number of hydrogen-bond donors (Lipinski definition) is 8. The van der Waals surface area contributed by atoms with Crippen molar-refractivity contribution < 1.29 is 62.7 Å². The molecule has 34 heavy (non-hydrogen) atoms. The molecule has 0 aliphatic heterocycles. The first-order chi connectivity index (χ1) is 15.0. The van der Waals surface area contributed by atoms with Crippen LogP contribution in [-0.2, 0) is 49.8 Å². The first-order valence-corrected chi connectivity index (χ1v) is 12.0. The maximum absolute atomic E-state index is 10.7. The number of carboxylic acids is 3. The van der Waals surface area contributed by atoms with Crippen LogP contribution >= 0.6 is 23.1 Å². The van der Waals surface area contributed by atoms with E-state index < -0.39 is 46.6 Å². The van der Waals surface area contributed by atoms with Crippen molar-refractivity contribution in [3.05, 3.63) is 11.1 Å². The smallest absolute Gasteiger partial charge is 0.550 e. The summed E-state index contributed by atoms with van der Waals surface area (Å²) in [5.41, 5.74) is 3.10. The molecule has 1 heterocycles. The van der Waals surface area contributed by atoms with E-state index in [1.54, 1.807) is 0 Å². The summed E-state index contributed by atoms with van der Waals surface area (Å²) < 4.78 is 23.2. The number of carbonyl (C=O) groups is 3. The normalized spacial score (nSPS) is 12.1. The predicted molar refractivity (Wildman–Crippen MR) is 114 cm³/mol. The van der Waals surface area contributed by atoms with Crippen molar-refractivity contribution in [1.29, 1.82) is 10.8 Å². The molecule has 0 aromatic carbocycles. The molecule has 0 aliphatic carbocycles. The van der Waals surface area contributed by atoms with E-state index in [2.05, 4.69) is 10.3 Å². The topological polar surface area (TPSA) is 309 Å². The number of guanidine groups is 1. The number of aromatic nitrogens is 1. The molecule has 0 bridgehead atoms. The quantitative estimate of drug-likeness (QED) is 0.0496. The predicted octanol–water partition coefficient (Wildman–Crippen LogP) is -4.08. The second-order valence-electron chi connectivity index (χ2n) is 6.05. The van der Waals surface area contributed by atoms with Crippen molar-refractivity contribution in [1.82, 2.24) is 9.71 Å². The van der Waals surface area contributed by atoms with Crippen LogP contribution in [0.4, 0.5) is 5.13 Å². The van der Waals surface area contributed by atoms with E-state index in [0.29, 0.717) is 16.6 Å². The number of rotatable bonds is 12. The SMILES string of the molecule is N=C(N)Nc1nc(CSCCC(=N)NS(N)(=O)=O)cs1.O=C([O-])CC(O)(CC(=O)O)C(=O)[O-].[Zn+2]. The maximum Gasteiger partial charge on any atom is 2.00 e. The monoisotopic (exact) mass is 591 g/mol. The average Bonchev–Trinajstić information content (AvgIpc) is 3.02. The second-order valence-corrected chi connectivity index (χ2v) is 9.31. The number of aliphatic hydroxyl groups is 1. The number of nitrogens with one attached hydrogen (secondary N) is 4. The summed E-state index contributed by atoms with van der Waals surface area (Å²) in [6.45, 7) is 0. The van der Waals surface area contributed by atoms with Crippen molar-refractivity contribution in [3.63, 3.8) is 0 Å². The Bertz CT molecular complexity index is 971. The molecule has 0 fully saturated rings. The van der Waals surface area contributed by atoms with E-state index in [0.717, 1.165) is 5.69 Å². The zero-order chi connectivity index (χ0) is 25.8. The Labute approximate surface area is 214 Å². The summed E-state index contributed by atoms with van der Waals surface area (Å²) in [5, 5.41) is 61.4. The summed E-state index contributed by atoms with van der Waals surface area (Å²) in [5.74, 6) is -4.79. The summed E-state index contributed by atoms with van der Waals surface area (Å²) in [4.78, 5) is 34.4. The molecular formula is C14H21N7O9S3Zn. The summed E-state index contributed by atoms with van der Waals surface area (Å²) >= 11 is 2.85. The van der Waals surface area contributed by atoms with Crippen molar-refractivity contribution in [2.24, 2.45) is 10.9 Å². The largest absolute Gasteiger partial charge is 2.00 e. The third-order valence-electron chi connectivity index (χ3n) is 3.07. The minimum atomic E-state index is -3.86. The third-order valence-corrected chi connectivity index (χ3v) is 5.40. The van der Waals surface area contributed by atoms with Crippen LogP contribution in [0, 0.1) is 10.8 Å². The van der Waals surface area contributed by atoms with E-state index in [4.69, 9.17) is 31.9 Å². The van der Waals surface area contributed by atoms with E-state index in [1.165, 1.54) is 23.1 Å². The first-order valence-electron chi connectivity index (χ1n) is 8.40. The van der Waals surface area contributed by atoms with E-state index in [1.807, 2.05) is 10.1 Å². The van der Waals surface area contributed by atoms with Crippen LogP contribution in [-0.4, -0.2) is 64.7 Å². The van der Waals surface area contributed by atoms with Crippen LogP contribution in [0.3, 0.4) is 0 Å². The van der Waals surface area contributed by atoms with Crippen LogP contribution < -0.4 is 31.1 Å². The number of carbonyl (C=O) groups excluding carboxylic acids is 2. The number of thioether (sulfide) groups is 1. The molecule has 0 saturated carbocycles. The fourth-order valence-corrected chi connectivity index (χ4v) is 3.94. The Hall–Kier alpha value is -2.38. The zero-order valence-corrected chi connectivity index (χ0v) is 22.8. The van der Waals surface area contributed by atoms with E-state index in [9.17, 15) is 33.0 Å². The fraction of sp³-hybridized carbons (Fsp3) is 0.429. The Morgan fingerprint density at radius 1 is 1.26 bits per heavy atom. The van der Waals surface area contributed by atoms with Crippen LogP contribution in [0.1, 0.15) is 25.0 Å². The van der Waals surface area contributed by atoms with Crippen molar-refractivity contribution >= 4 is 68.1 Å². The van der Waals surface area contributed by atoms with E-state index in [-0.39, 0.29) is 37.7 Å². The summed E-state index contributed by atoms with van der Waals surface area (Å²) in [7, 11) is -3.86. The molecule has 10 N–H and O–H groups in total. The molecule has 16 nitrogen and oxygen atoms in total. The molecule has 1 aromatic heterocycles. The van der Waals surface area contributed by atoms with Crippen molar-refractivity contribution in [2.45, 2.75) is 30.6 Å². The number of hydrogen-bond acceptors (Lipinski definition) is 13. The van der Waals surface area contributed by atoms with Gasteiger partial charge in [-0.1, -0.05) is 0 Å². The Morgan fingerprint density at radius 3 is 2.29 bits per heavy atom. The molecule has 0 spiro atoms. The van der Waals surface area contributed by atoms with Crippen LogP contribution in [0.2, 0.25) is 0 Å². The Kier molecular flexibility index (Phi) is 15.4. The second kappa shape index (κ2) is 15.5. The fourth-order valence-electron chi connectivity index (χ4n) is 1.82. The molecule has 1 aromatic rings. The van der Waals surface area contributed by atoms with Gasteiger partial charge in [0.05, 0.1) is 18.1 Å². The molecular weight excluding hydrogens is 572 g/mol. The van der Waals surface area contributed by atoms with Gasteiger partial charge in [-0.2, -0.15) is 20.2 Å². The number of nitrogens with two attached hydrogens (primary N) is 2. The Balaban J connectivity index is 0. The van der Waals surface area contributed by atoms with Gasteiger partial charge in [-0.15, -0.1) is 11.3 Å². The number of amidine groups is 1. The zero-order valence-electron chi connectivity index (χ0n) is 17.4. The van der Waals surface area contributed by atoms with Gasteiger partial charge in [0.15, 0.2) is 11.1 Å². The number of anilines is 1. The molecule has 0 aliphatic rings. The van der Waals surface area contributed by atoms with Crippen LogP contribution in [0.25, 0.3) is 0 Å². The van der Waals surface area contributed by atoms with Gasteiger partial charge >= 0.3 is 25.4 Å². The molecule has 1 atom stereocenters. The average molecular weight is 593 g/mol. The van der Waals surface area contributed by atoms with Gasteiger partial charge in [0.1, 0.15) is 11.4 Å². The molecule has 1 unspecified atom stereocenters. The number of aliphatic carboxylic acids is 3. The molecule has 0 saturated heterocycles. The van der Waals surface area contributed by atoms with Gasteiger partial charge in [0, 0.05) is 35.7 Å². The number of carboxylic acid groups (broad SMARTS) is 3. The van der Waals surface area contributed by atoms with Gasteiger partial charge in [-0.3, -0.25) is 20.3 Å².